The second-order valence-corrected chi connectivity index (χ2v) is 6.53. The van der Waals surface area contributed by atoms with Crippen LogP contribution in [0.2, 0.25) is 0 Å². The van der Waals surface area contributed by atoms with E-state index in [1.54, 1.807) is 4.57 Å². The average Bonchev–Trinajstić information content (AvgIpc) is 3.14. The summed E-state index contributed by atoms with van der Waals surface area (Å²) < 4.78 is 8.62. The summed E-state index contributed by atoms with van der Waals surface area (Å²) in [4.78, 5) is 21.1. The van der Waals surface area contributed by atoms with Crippen molar-refractivity contribution in [3.8, 4) is 0 Å². The first-order chi connectivity index (χ1) is 11.2. The highest BCUT2D eigenvalue weighted by Gasteiger charge is 2.24. The standard InChI is InChI=1S/C15H22N6O2/c16-13-12-14(18-9-17-13)20(7-11-4-6-23-8-11)15(22)21(12)19-5-3-10-1-2-10/h9-11,19H,1-8H2,(H2,16,17,18). The van der Waals surface area contributed by atoms with Gasteiger partial charge in [-0.25, -0.2) is 19.4 Å². The molecule has 1 atom stereocenters. The summed E-state index contributed by atoms with van der Waals surface area (Å²) in [7, 11) is 0. The molecule has 8 nitrogen and oxygen atoms in total. The largest absolute Gasteiger partial charge is 0.382 e. The van der Waals surface area contributed by atoms with Crippen molar-refractivity contribution in [1.82, 2.24) is 19.2 Å². The molecule has 23 heavy (non-hydrogen) atoms. The van der Waals surface area contributed by atoms with Gasteiger partial charge in [-0.2, -0.15) is 0 Å². The van der Waals surface area contributed by atoms with Crippen LogP contribution in [-0.2, 0) is 11.3 Å². The van der Waals surface area contributed by atoms with Gasteiger partial charge in [0.2, 0.25) is 0 Å². The summed E-state index contributed by atoms with van der Waals surface area (Å²) in [6.45, 7) is 2.80. The first kappa shape index (κ1) is 14.5. The maximum atomic E-state index is 12.8. The van der Waals surface area contributed by atoms with Gasteiger partial charge in [-0.1, -0.05) is 12.8 Å². The number of nitrogens with two attached hydrogens (primary N) is 1. The molecule has 3 N–H and O–H groups in total. The Balaban J connectivity index is 1.68. The smallest absolute Gasteiger partial charge is 0.349 e. The van der Waals surface area contributed by atoms with Gasteiger partial charge in [0.05, 0.1) is 6.61 Å². The van der Waals surface area contributed by atoms with E-state index in [4.69, 9.17) is 10.5 Å². The number of hydrogen-bond acceptors (Lipinski definition) is 6. The Hall–Kier alpha value is -2.09. The van der Waals surface area contributed by atoms with Crippen molar-refractivity contribution in [2.45, 2.75) is 32.2 Å². The van der Waals surface area contributed by atoms with Crippen molar-refractivity contribution in [3.63, 3.8) is 0 Å². The van der Waals surface area contributed by atoms with Gasteiger partial charge in [0.15, 0.2) is 17.0 Å². The third-order valence-corrected chi connectivity index (χ3v) is 4.72. The van der Waals surface area contributed by atoms with Gasteiger partial charge >= 0.3 is 5.69 Å². The Labute approximate surface area is 133 Å². The van der Waals surface area contributed by atoms with Gasteiger partial charge in [-0.15, -0.1) is 0 Å². The van der Waals surface area contributed by atoms with Crippen LogP contribution >= 0.6 is 0 Å². The fourth-order valence-corrected chi connectivity index (χ4v) is 3.19. The van der Waals surface area contributed by atoms with Crippen molar-refractivity contribution in [2.24, 2.45) is 11.8 Å². The van der Waals surface area contributed by atoms with Crippen LogP contribution < -0.4 is 16.8 Å². The lowest BCUT2D eigenvalue weighted by Crippen LogP contribution is -2.33. The molecule has 1 aliphatic heterocycles. The molecule has 2 aromatic heterocycles. The van der Waals surface area contributed by atoms with Crippen molar-refractivity contribution < 1.29 is 4.74 Å². The molecule has 2 aliphatic rings. The van der Waals surface area contributed by atoms with Crippen LogP contribution in [-0.4, -0.2) is 39.0 Å². The summed E-state index contributed by atoms with van der Waals surface area (Å²) in [6, 6.07) is 0. The number of nitrogen functional groups attached to an aromatic ring is 1. The third kappa shape index (κ3) is 2.78. The van der Waals surface area contributed by atoms with Crippen LogP contribution in [0.15, 0.2) is 11.1 Å². The fraction of sp³-hybridized carbons (Fsp3) is 0.667. The van der Waals surface area contributed by atoms with Crippen LogP contribution in [0.5, 0.6) is 0 Å². The molecular weight excluding hydrogens is 296 g/mol. The summed E-state index contributed by atoms with van der Waals surface area (Å²) >= 11 is 0. The molecule has 3 heterocycles. The SMILES string of the molecule is Nc1ncnc2c1n(NCCC1CC1)c(=O)n2CC1CCOC1. The van der Waals surface area contributed by atoms with Crippen molar-refractivity contribution in [1.29, 1.82) is 0 Å². The van der Waals surface area contributed by atoms with Gasteiger partial charge in [-0.05, 0) is 18.8 Å². The molecule has 0 bridgehead atoms. The number of fused-ring (bicyclic) bond motifs is 1. The van der Waals surface area contributed by atoms with E-state index in [0.29, 0.717) is 36.1 Å². The first-order valence-corrected chi connectivity index (χ1v) is 8.27. The zero-order valence-electron chi connectivity index (χ0n) is 13.1. The number of anilines is 1. The van der Waals surface area contributed by atoms with Gasteiger partial charge in [0.25, 0.3) is 0 Å². The molecule has 124 valence electrons. The van der Waals surface area contributed by atoms with Crippen molar-refractivity contribution in [3.05, 3.63) is 16.8 Å². The second kappa shape index (κ2) is 5.84. The molecule has 0 aromatic carbocycles. The monoisotopic (exact) mass is 318 g/mol. The minimum Gasteiger partial charge on any atom is -0.382 e. The highest BCUT2D eigenvalue weighted by atomic mass is 16.5. The molecule has 4 rings (SSSR count). The molecular formula is C15H22N6O2. The summed E-state index contributed by atoms with van der Waals surface area (Å²) in [6.07, 6.45) is 6.04. The third-order valence-electron chi connectivity index (χ3n) is 4.72. The maximum absolute atomic E-state index is 12.8. The fourth-order valence-electron chi connectivity index (χ4n) is 3.19. The van der Waals surface area contributed by atoms with Gasteiger partial charge in [0, 0.05) is 25.6 Å². The number of ether oxygens (including phenoxy) is 1. The normalized spacial score (nSPS) is 21.1. The Morgan fingerprint density at radius 3 is 2.91 bits per heavy atom. The number of nitrogens with one attached hydrogen (secondary N) is 1. The maximum Gasteiger partial charge on any atom is 0.349 e. The van der Waals surface area contributed by atoms with Crippen LogP contribution in [0.1, 0.15) is 25.7 Å². The van der Waals surface area contributed by atoms with Crippen LogP contribution in [0.4, 0.5) is 5.82 Å². The van der Waals surface area contributed by atoms with Gasteiger partial charge in [-0.3, -0.25) is 4.57 Å². The lowest BCUT2D eigenvalue weighted by atomic mass is 10.1. The number of imidazole rings is 1. The number of rotatable bonds is 6. The molecule has 1 unspecified atom stereocenters. The number of aromatic nitrogens is 4. The van der Waals surface area contributed by atoms with E-state index >= 15 is 0 Å². The predicted octanol–water partition coefficient (Wildman–Crippen LogP) is 0.555. The van der Waals surface area contributed by atoms with E-state index in [9.17, 15) is 4.79 Å². The molecule has 2 aromatic rings. The molecule has 1 saturated heterocycles. The summed E-state index contributed by atoms with van der Waals surface area (Å²) in [5, 5.41) is 0. The molecule has 8 heteroatoms. The van der Waals surface area contributed by atoms with Crippen molar-refractivity contribution in [2.75, 3.05) is 30.9 Å². The molecule has 1 aliphatic carbocycles. The second-order valence-electron chi connectivity index (χ2n) is 6.53. The highest BCUT2D eigenvalue weighted by molar-refractivity contribution is 5.82. The minimum atomic E-state index is -0.130. The van der Waals surface area contributed by atoms with E-state index in [1.807, 2.05) is 0 Å². The zero-order valence-corrected chi connectivity index (χ0v) is 13.1. The molecule has 0 spiro atoms. The van der Waals surface area contributed by atoms with Crippen molar-refractivity contribution >= 4 is 17.0 Å². The highest BCUT2D eigenvalue weighted by Crippen LogP contribution is 2.31. The number of hydrogen-bond donors (Lipinski definition) is 2. The average molecular weight is 318 g/mol. The van der Waals surface area contributed by atoms with E-state index in [-0.39, 0.29) is 5.69 Å². The lowest BCUT2D eigenvalue weighted by molar-refractivity contribution is 0.182. The molecule has 0 radical (unpaired) electrons. The molecule has 1 saturated carbocycles. The summed E-state index contributed by atoms with van der Waals surface area (Å²) in [5.41, 5.74) is 10.2. The first-order valence-electron chi connectivity index (χ1n) is 8.27. The van der Waals surface area contributed by atoms with E-state index in [2.05, 4.69) is 15.4 Å². The Bertz CT molecular complexity index is 757. The number of nitrogens with zero attached hydrogens (tertiary/aromatic N) is 4. The van der Waals surface area contributed by atoms with Crippen LogP contribution in [0, 0.1) is 11.8 Å². The van der Waals surface area contributed by atoms with Crippen LogP contribution in [0.3, 0.4) is 0 Å². The van der Waals surface area contributed by atoms with Gasteiger partial charge < -0.3 is 15.9 Å². The van der Waals surface area contributed by atoms with Crippen LogP contribution in [0.25, 0.3) is 11.2 Å². The quantitative estimate of drug-likeness (QED) is 0.807. The Kier molecular flexibility index (Phi) is 3.68. The molecule has 2 fully saturated rings. The Morgan fingerprint density at radius 2 is 2.17 bits per heavy atom. The minimum absolute atomic E-state index is 0.130. The topological polar surface area (TPSA) is 100.0 Å². The van der Waals surface area contributed by atoms with E-state index in [1.165, 1.54) is 23.8 Å². The Morgan fingerprint density at radius 1 is 1.30 bits per heavy atom. The lowest BCUT2D eigenvalue weighted by Gasteiger charge is -2.08. The zero-order chi connectivity index (χ0) is 15.8. The molecule has 0 amide bonds. The predicted molar refractivity (Wildman–Crippen MR) is 86.7 cm³/mol. The van der Waals surface area contributed by atoms with Gasteiger partial charge in [0.1, 0.15) is 6.33 Å². The van der Waals surface area contributed by atoms with E-state index < -0.39 is 0 Å². The summed E-state index contributed by atoms with van der Waals surface area (Å²) in [5.74, 6) is 1.47. The van der Waals surface area contributed by atoms with E-state index in [0.717, 1.165) is 31.9 Å².